The Morgan fingerprint density at radius 3 is 2.95 bits per heavy atom. The second-order valence-corrected chi connectivity index (χ2v) is 4.28. The van der Waals surface area contributed by atoms with Crippen molar-refractivity contribution in [2.45, 2.75) is 20.4 Å². The van der Waals surface area contributed by atoms with Crippen molar-refractivity contribution in [2.75, 3.05) is 6.54 Å². The average molecular weight is 260 g/mol. The number of aryl methyl sites for hydroxylation is 1. The minimum Gasteiger partial charge on any atom is -0.436 e. The fraction of sp³-hybridized carbons (Fsp3) is 0.267. The molecule has 0 amide bonds. The van der Waals surface area contributed by atoms with Gasteiger partial charge in [-0.1, -0.05) is 19.1 Å². The third-order valence-corrected chi connectivity index (χ3v) is 2.71. The second-order valence-electron chi connectivity index (χ2n) is 4.28. The first-order valence-electron chi connectivity index (χ1n) is 6.29. The van der Waals surface area contributed by atoms with Crippen LogP contribution in [0.3, 0.4) is 0 Å². The molecule has 0 saturated carbocycles. The van der Waals surface area contributed by atoms with E-state index in [4.69, 9.17) is 4.74 Å². The third-order valence-electron chi connectivity index (χ3n) is 2.71. The predicted molar refractivity (Wildman–Crippen MR) is 72.8 cm³/mol. The van der Waals surface area contributed by atoms with Crippen LogP contribution in [0.2, 0.25) is 0 Å². The SMILES string of the molecule is CCNCc1cccnc1Oc1cc(C)ccc1F. The molecule has 0 radical (unpaired) electrons. The summed E-state index contributed by atoms with van der Waals surface area (Å²) in [4.78, 5) is 4.17. The van der Waals surface area contributed by atoms with Gasteiger partial charge in [0, 0.05) is 18.3 Å². The van der Waals surface area contributed by atoms with Crippen LogP contribution in [0.4, 0.5) is 4.39 Å². The smallest absolute Gasteiger partial charge is 0.223 e. The van der Waals surface area contributed by atoms with Gasteiger partial charge in [-0.3, -0.25) is 0 Å². The molecule has 1 N–H and O–H groups in total. The number of ether oxygens (including phenoxy) is 1. The van der Waals surface area contributed by atoms with E-state index in [1.165, 1.54) is 6.07 Å². The van der Waals surface area contributed by atoms with Gasteiger partial charge in [0.15, 0.2) is 11.6 Å². The Balaban J connectivity index is 2.25. The summed E-state index contributed by atoms with van der Waals surface area (Å²) in [6, 6.07) is 8.53. The van der Waals surface area contributed by atoms with Gasteiger partial charge < -0.3 is 10.1 Å². The normalized spacial score (nSPS) is 10.5. The number of hydrogen-bond donors (Lipinski definition) is 1. The highest BCUT2D eigenvalue weighted by Crippen LogP contribution is 2.26. The van der Waals surface area contributed by atoms with Crippen molar-refractivity contribution in [3.05, 3.63) is 53.5 Å². The van der Waals surface area contributed by atoms with Crippen molar-refractivity contribution < 1.29 is 9.13 Å². The molecule has 0 aliphatic carbocycles. The Morgan fingerprint density at radius 1 is 1.32 bits per heavy atom. The average Bonchev–Trinajstić information content (AvgIpc) is 2.42. The van der Waals surface area contributed by atoms with E-state index in [1.807, 2.05) is 26.0 Å². The molecule has 0 fully saturated rings. The predicted octanol–water partition coefficient (Wildman–Crippen LogP) is 3.43. The van der Waals surface area contributed by atoms with Gasteiger partial charge in [0.2, 0.25) is 5.88 Å². The van der Waals surface area contributed by atoms with Gasteiger partial charge in [-0.2, -0.15) is 0 Å². The van der Waals surface area contributed by atoms with Crippen LogP contribution in [0.25, 0.3) is 0 Å². The lowest BCUT2D eigenvalue weighted by Crippen LogP contribution is -2.12. The highest BCUT2D eigenvalue weighted by molar-refractivity contribution is 5.35. The number of nitrogens with zero attached hydrogens (tertiary/aromatic N) is 1. The molecule has 3 nitrogen and oxygen atoms in total. The molecular weight excluding hydrogens is 243 g/mol. The molecule has 0 aliphatic rings. The van der Waals surface area contributed by atoms with Gasteiger partial charge in [-0.15, -0.1) is 0 Å². The van der Waals surface area contributed by atoms with Gasteiger partial charge >= 0.3 is 0 Å². The largest absolute Gasteiger partial charge is 0.436 e. The molecule has 1 aromatic heterocycles. The van der Waals surface area contributed by atoms with Crippen LogP contribution in [0.5, 0.6) is 11.6 Å². The van der Waals surface area contributed by atoms with Crippen LogP contribution in [0, 0.1) is 12.7 Å². The minimum atomic E-state index is -0.384. The molecule has 0 atom stereocenters. The molecule has 0 spiro atoms. The van der Waals surface area contributed by atoms with Gasteiger partial charge in [-0.05, 0) is 37.2 Å². The zero-order chi connectivity index (χ0) is 13.7. The fourth-order valence-electron chi connectivity index (χ4n) is 1.70. The van der Waals surface area contributed by atoms with Crippen LogP contribution >= 0.6 is 0 Å². The van der Waals surface area contributed by atoms with Crippen molar-refractivity contribution >= 4 is 0 Å². The van der Waals surface area contributed by atoms with Crippen molar-refractivity contribution in [3.8, 4) is 11.6 Å². The molecule has 0 aliphatic heterocycles. The zero-order valence-corrected chi connectivity index (χ0v) is 11.1. The summed E-state index contributed by atoms with van der Waals surface area (Å²) in [5.41, 5.74) is 1.85. The van der Waals surface area contributed by atoms with E-state index in [0.29, 0.717) is 12.4 Å². The fourth-order valence-corrected chi connectivity index (χ4v) is 1.70. The first-order valence-corrected chi connectivity index (χ1v) is 6.29. The molecule has 19 heavy (non-hydrogen) atoms. The number of rotatable bonds is 5. The maximum Gasteiger partial charge on any atom is 0.223 e. The highest BCUT2D eigenvalue weighted by Gasteiger charge is 2.09. The van der Waals surface area contributed by atoms with Crippen molar-refractivity contribution in [1.29, 1.82) is 0 Å². The topological polar surface area (TPSA) is 34.2 Å². The number of benzene rings is 1. The molecule has 2 aromatic rings. The molecule has 100 valence electrons. The number of pyridine rings is 1. The third kappa shape index (κ3) is 3.51. The standard InChI is InChI=1S/C15H17FN2O/c1-3-17-10-12-5-4-8-18-15(12)19-14-9-11(2)6-7-13(14)16/h4-9,17H,3,10H2,1-2H3. The van der Waals surface area contributed by atoms with Crippen LogP contribution in [0.15, 0.2) is 36.5 Å². The Bertz CT molecular complexity index is 558. The number of aromatic nitrogens is 1. The maximum atomic E-state index is 13.7. The summed E-state index contributed by atoms with van der Waals surface area (Å²) in [6.45, 7) is 5.42. The molecule has 1 aromatic carbocycles. The van der Waals surface area contributed by atoms with E-state index in [-0.39, 0.29) is 11.6 Å². The Morgan fingerprint density at radius 2 is 2.16 bits per heavy atom. The van der Waals surface area contributed by atoms with E-state index < -0.39 is 0 Å². The highest BCUT2D eigenvalue weighted by atomic mass is 19.1. The van der Waals surface area contributed by atoms with Gasteiger partial charge in [-0.25, -0.2) is 9.37 Å². The Hall–Kier alpha value is -1.94. The first-order chi connectivity index (χ1) is 9.20. The van der Waals surface area contributed by atoms with Gasteiger partial charge in [0.05, 0.1) is 0 Å². The Kier molecular flexibility index (Phi) is 4.47. The van der Waals surface area contributed by atoms with Crippen molar-refractivity contribution in [1.82, 2.24) is 10.3 Å². The van der Waals surface area contributed by atoms with E-state index in [1.54, 1.807) is 18.3 Å². The number of hydrogen-bond acceptors (Lipinski definition) is 3. The molecule has 0 unspecified atom stereocenters. The van der Waals surface area contributed by atoms with E-state index >= 15 is 0 Å². The Labute approximate surface area is 112 Å². The summed E-state index contributed by atoms with van der Waals surface area (Å²) in [5, 5.41) is 3.20. The lowest BCUT2D eigenvalue weighted by molar-refractivity contribution is 0.420. The van der Waals surface area contributed by atoms with E-state index in [0.717, 1.165) is 17.7 Å². The van der Waals surface area contributed by atoms with Gasteiger partial charge in [0.25, 0.3) is 0 Å². The molecular formula is C15H17FN2O. The molecule has 4 heteroatoms. The number of halogens is 1. The van der Waals surface area contributed by atoms with Crippen LogP contribution < -0.4 is 10.1 Å². The maximum absolute atomic E-state index is 13.7. The zero-order valence-electron chi connectivity index (χ0n) is 11.1. The summed E-state index contributed by atoms with van der Waals surface area (Å²) in [5.74, 6) is 0.259. The van der Waals surface area contributed by atoms with E-state index in [2.05, 4.69) is 10.3 Å². The van der Waals surface area contributed by atoms with Gasteiger partial charge in [0.1, 0.15) is 0 Å². The summed E-state index contributed by atoms with van der Waals surface area (Å²) < 4.78 is 19.3. The summed E-state index contributed by atoms with van der Waals surface area (Å²) in [7, 11) is 0. The lowest BCUT2D eigenvalue weighted by Gasteiger charge is -2.11. The monoisotopic (exact) mass is 260 g/mol. The van der Waals surface area contributed by atoms with E-state index in [9.17, 15) is 4.39 Å². The lowest BCUT2D eigenvalue weighted by atomic mass is 10.2. The van der Waals surface area contributed by atoms with Crippen molar-refractivity contribution in [3.63, 3.8) is 0 Å². The quantitative estimate of drug-likeness (QED) is 0.894. The summed E-state index contributed by atoms with van der Waals surface area (Å²) >= 11 is 0. The van der Waals surface area contributed by atoms with Crippen molar-refractivity contribution in [2.24, 2.45) is 0 Å². The molecule has 0 saturated heterocycles. The van der Waals surface area contributed by atoms with Crippen LogP contribution in [-0.2, 0) is 6.54 Å². The van der Waals surface area contributed by atoms with Crippen LogP contribution in [-0.4, -0.2) is 11.5 Å². The number of nitrogens with one attached hydrogen (secondary N) is 1. The molecule has 1 heterocycles. The second kappa shape index (κ2) is 6.29. The molecule has 2 rings (SSSR count). The minimum absolute atomic E-state index is 0.205. The van der Waals surface area contributed by atoms with Crippen LogP contribution in [0.1, 0.15) is 18.1 Å². The summed E-state index contributed by atoms with van der Waals surface area (Å²) in [6.07, 6.45) is 1.64. The molecule has 0 bridgehead atoms. The first kappa shape index (κ1) is 13.5.